The average molecular weight is 368 g/mol. The van der Waals surface area contributed by atoms with Gasteiger partial charge in [0, 0.05) is 19.8 Å². The van der Waals surface area contributed by atoms with E-state index in [0.717, 1.165) is 23.0 Å². The van der Waals surface area contributed by atoms with E-state index in [-0.39, 0.29) is 11.9 Å². The van der Waals surface area contributed by atoms with E-state index in [1.54, 1.807) is 12.1 Å². The summed E-state index contributed by atoms with van der Waals surface area (Å²) in [5.41, 5.74) is 2.20. The Labute approximate surface area is 137 Å². The van der Waals surface area contributed by atoms with Gasteiger partial charge in [-0.1, -0.05) is 22.9 Å². The third-order valence-corrected chi connectivity index (χ3v) is 5.71. The van der Waals surface area contributed by atoms with Crippen molar-refractivity contribution >= 4 is 27.3 Å². The van der Waals surface area contributed by atoms with Crippen molar-refractivity contribution < 1.29 is 4.39 Å². The molecule has 1 atom stereocenters. The molecule has 0 fully saturated rings. The molecule has 21 heavy (non-hydrogen) atoms. The molecule has 0 bridgehead atoms. The lowest BCUT2D eigenvalue weighted by atomic mass is 10.0. The maximum Gasteiger partial charge on any atom is 0.128 e. The van der Waals surface area contributed by atoms with Crippen molar-refractivity contribution in [2.45, 2.75) is 38.6 Å². The van der Waals surface area contributed by atoms with Crippen molar-refractivity contribution in [1.82, 2.24) is 5.32 Å². The van der Waals surface area contributed by atoms with Crippen molar-refractivity contribution in [1.29, 1.82) is 0 Å². The Morgan fingerprint density at radius 2 is 2.19 bits per heavy atom. The van der Waals surface area contributed by atoms with Gasteiger partial charge in [-0.15, -0.1) is 11.3 Å². The second-order valence-corrected chi connectivity index (χ2v) is 7.59. The monoisotopic (exact) mass is 367 g/mol. The van der Waals surface area contributed by atoms with E-state index in [0.29, 0.717) is 0 Å². The zero-order valence-electron chi connectivity index (χ0n) is 12.1. The maximum atomic E-state index is 14.3. The van der Waals surface area contributed by atoms with Gasteiger partial charge in [-0.05, 0) is 62.1 Å². The molecule has 0 saturated heterocycles. The highest BCUT2D eigenvalue weighted by atomic mass is 79.9. The number of benzene rings is 1. The minimum Gasteiger partial charge on any atom is -0.306 e. The normalized spacial score (nSPS) is 15.2. The van der Waals surface area contributed by atoms with Crippen molar-refractivity contribution in [3.63, 3.8) is 0 Å². The summed E-state index contributed by atoms with van der Waals surface area (Å²) >= 11 is 5.30. The van der Waals surface area contributed by atoms with Crippen molar-refractivity contribution in [3.8, 4) is 0 Å². The van der Waals surface area contributed by atoms with Crippen molar-refractivity contribution in [2.75, 3.05) is 6.54 Å². The number of nitrogens with one attached hydrogen (secondary N) is 1. The lowest BCUT2D eigenvalue weighted by Crippen LogP contribution is -2.23. The summed E-state index contributed by atoms with van der Waals surface area (Å²) in [5.74, 6) is -0.139. The van der Waals surface area contributed by atoms with E-state index in [4.69, 9.17) is 0 Å². The van der Waals surface area contributed by atoms with Gasteiger partial charge < -0.3 is 5.32 Å². The summed E-state index contributed by atoms with van der Waals surface area (Å²) in [6.07, 6.45) is 4.66. The largest absolute Gasteiger partial charge is 0.306 e. The topological polar surface area (TPSA) is 12.0 Å². The van der Waals surface area contributed by atoms with Gasteiger partial charge in [0.05, 0.1) is 6.04 Å². The van der Waals surface area contributed by atoms with E-state index >= 15 is 0 Å². The second kappa shape index (κ2) is 6.59. The van der Waals surface area contributed by atoms with E-state index in [9.17, 15) is 4.39 Å². The predicted molar refractivity (Wildman–Crippen MR) is 90.6 cm³/mol. The first-order chi connectivity index (χ1) is 10.2. The quantitative estimate of drug-likeness (QED) is 0.762. The van der Waals surface area contributed by atoms with E-state index in [2.05, 4.69) is 34.2 Å². The number of hydrogen-bond donors (Lipinski definition) is 1. The van der Waals surface area contributed by atoms with Gasteiger partial charge in [0.1, 0.15) is 5.82 Å². The Balaban J connectivity index is 1.98. The average Bonchev–Trinajstić information content (AvgIpc) is 3.04. The minimum absolute atomic E-state index is 0.0435. The molecule has 1 aromatic carbocycles. The Morgan fingerprint density at radius 1 is 1.33 bits per heavy atom. The molecule has 112 valence electrons. The number of aryl methyl sites for hydroxylation is 2. The third-order valence-electron chi connectivity index (χ3n) is 3.92. The van der Waals surface area contributed by atoms with Gasteiger partial charge in [0.25, 0.3) is 0 Å². The number of thiophene rings is 1. The summed E-state index contributed by atoms with van der Waals surface area (Å²) in [4.78, 5) is 2.73. The lowest BCUT2D eigenvalue weighted by Gasteiger charge is -2.19. The first-order valence-electron chi connectivity index (χ1n) is 7.49. The van der Waals surface area contributed by atoms with Crippen molar-refractivity contribution in [3.05, 3.63) is 55.4 Å². The molecule has 1 nitrogen and oxygen atoms in total. The van der Waals surface area contributed by atoms with Gasteiger partial charge in [-0.2, -0.15) is 0 Å². The van der Waals surface area contributed by atoms with Gasteiger partial charge in [-0.25, -0.2) is 4.39 Å². The number of halogens is 2. The lowest BCUT2D eigenvalue weighted by molar-refractivity contribution is 0.550. The first kappa shape index (κ1) is 15.2. The SMILES string of the molecule is CCCNC(c1cc2c(s1)CCC2)c1cc(Br)ccc1F. The van der Waals surface area contributed by atoms with Crippen LogP contribution in [0.15, 0.2) is 28.7 Å². The molecule has 0 saturated carbocycles. The molecule has 3 rings (SSSR count). The molecule has 1 heterocycles. The Hall–Kier alpha value is -0.710. The third kappa shape index (κ3) is 3.22. The molecule has 1 N–H and O–H groups in total. The molecule has 1 aliphatic rings. The highest BCUT2D eigenvalue weighted by Gasteiger charge is 2.23. The van der Waals surface area contributed by atoms with Crippen LogP contribution in [0, 0.1) is 5.82 Å². The molecule has 4 heteroatoms. The van der Waals surface area contributed by atoms with Gasteiger partial charge in [-0.3, -0.25) is 0 Å². The summed E-state index contributed by atoms with van der Waals surface area (Å²) in [6, 6.07) is 7.43. The van der Waals surface area contributed by atoms with Crippen LogP contribution in [0.25, 0.3) is 0 Å². The highest BCUT2D eigenvalue weighted by molar-refractivity contribution is 9.10. The molecule has 1 unspecified atom stereocenters. The molecular formula is C17H19BrFNS. The standard InChI is InChI=1S/C17H19BrFNS/c1-2-8-20-17(13-10-12(18)6-7-14(13)19)16-9-11-4-3-5-15(11)21-16/h6-7,9-10,17,20H,2-5,8H2,1H3. The van der Waals surface area contributed by atoms with E-state index in [1.165, 1.54) is 34.6 Å². The van der Waals surface area contributed by atoms with Crippen LogP contribution in [0.3, 0.4) is 0 Å². The van der Waals surface area contributed by atoms with Crippen LogP contribution in [0.4, 0.5) is 4.39 Å². The zero-order chi connectivity index (χ0) is 14.8. The van der Waals surface area contributed by atoms with Gasteiger partial charge in [0.15, 0.2) is 0 Å². The van der Waals surface area contributed by atoms with Gasteiger partial charge >= 0.3 is 0 Å². The van der Waals surface area contributed by atoms with Crippen molar-refractivity contribution in [2.24, 2.45) is 0 Å². The Morgan fingerprint density at radius 3 is 2.95 bits per heavy atom. The number of hydrogen-bond acceptors (Lipinski definition) is 2. The summed E-state index contributed by atoms with van der Waals surface area (Å²) < 4.78 is 15.2. The fourth-order valence-electron chi connectivity index (χ4n) is 2.88. The highest BCUT2D eigenvalue weighted by Crippen LogP contribution is 2.37. The molecule has 0 aliphatic heterocycles. The van der Waals surface area contributed by atoms with Crippen LogP contribution < -0.4 is 5.32 Å². The molecule has 0 amide bonds. The van der Waals surface area contributed by atoms with Gasteiger partial charge in [0.2, 0.25) is 0 Å². The first-order valence-corrected chi connectivity index (χ1v) is 9.09. The summed E-state index contributed by atoms with van der Waals surface area (Å²) in [5, 5.41) is 3.51. The maximum absolute atomic E-state index is 14.3. The molecule has 0 spiro atoms. The molecule has 2 aromatic rings. The fraction of sp³-hybridized carbons (Fsp3) is 0.412. The predicted octanol–water partition coefficient (Wildman–Crippen LogP) is 5.23. The Kier molecular flexibility index (Phi) is 4.77. The van der Waals surface area contributed by atoms with Crippen LogP contribution in [-0.2, 0) is 12.8 Å². The van der Waals surface area contributed by atoms with Crippen LogP contribution >= 0.6 is 27.3 Å². The number of rotatable bonds is 5. The van der Waals surface area contributed by atoms with Crippen LogP contribution in [0.1, 0.15) is 46.7 Å². The molecule has 0 radical (unpaired) electrons. The summed E-state index contributed by atoms with van der Waals surface area (Å²) in [6.45, 7) is 3.02. The van der Waals surface area contributed by atoms with Crippen LogP contribution in [0.5, 0.6) is 0 Å². The minimum atomic E-state index is -0.139. The van der Waals surface area contributed by atoms with E-state index in [1.807, 2.05) is 17.4 Å². The Bertz CT molecular complexity index is 616. The van der Waals surface area contributed by atoms with Crippen LogP contribution in [-0.4, -0.2) is 6.54 Å². The van der Waals surface area contributed by atoms with E-state index < -0.39 is 0 Å². The molecule has 1 aromatic heterocycles. The van der Waals surface area contributed by atoms with Crippen LogP contribution in [0.2, 0.25) is 0 Å². The summed E-state index contributed by atoms with van der Waals surface area (Å²) in [7, 11) is 0. The second-order valence-electron chi connectivity index (χ2n) is 5.50. The molecular weight excluding hydrogens is 349 g/mol. The fourth-order valence-corrected chi connectivity index (χ4v) is 4.61. The number of fused-ring (bicyclic) bond motifs is 1. The molecule has 1 aliphatic carbocycles. The zero-order valence-corrected chi connectivity index (χ0v) is 14.5. The smallest absolute Gasteiger partial charge is 0.128 e.